The second-order valence-electron chi connectivity index (χ2n) is 17.3. The molecule has 10 aromatic carbocycles. The van der Waals surface area contributed by atoms with Crippen LogP contribution in [-0.2, 0) is 5.41 Å². The third kappa shape index (κ3) is 7.12. The van der Waals surface area contributed by atoms with Crippen molar-refractivity contribution in [2.75, 3.05) is 4.90 Å². The van der Waals surface area contributed by atoms with E-state index in [9.17, 15) is 0 Å². The summed E-state index contributed by atoms with van der Waals surface area (Å²) >= 11 is 0. The molecule has 1 aliphatic rings. The van der Waals surface area contributed by atoms with Gasteiger partial charge >= 0.3 is 0 Å². The zero-order chi connectivity index (χ0) is 43.0. The summed E-state index contributed by atoms with van der Waals surface area (Å²) in [5, 5.41) is 0. The van der Waals surface area contributed by atoms with Crippen LogP contribution in [0.4, 0.5) is 17.1 Å². The van der Waals surface area contributed by atoms with Crippen molar-refractivity contribution in [3.05, 3.63) is 260 Å². The van der Waals surface area contributed by atoms with Crippen molar-refractivity contribution < 1.29 is 0 Å². The van der Waals surface area contributed by atoms with E-state index >= 15 is 0 Å². The smallest absolute Gasteiger partial charge is 0.0468 e. The monoisotopic (exact) mass is 817 g/mol. The number of fused-ring (bicyclic) bond motifs is 3. The molecule has 0 heterocycles. The SMILES string of the molecule is CC1(C)c2ccccc2-c2ccc(N(c3ccc(-c4ccccc4)c(-c4cccc(-c5ccccc5)c4)c3)c3ccc(-c4ccccc4)c(-c4cccc(-c5ccccc5)c4)c3)cc21. The lowest BCUT2D eigenvalue weighted by molar-refractivity contribution is 0.660. The highest BCUT2D eigenvalue weighted by Gasteiger charge is 2.36. The average molecular weight is 818 g/mol. The number of rotatable bonds is 9. The van der Waals surface area contributed by atoms with E-state index in [4.69, 9.17) is 0 Å². The number of benzene rings is 10. The van der Waals surface area contributed by atoms with Crippen molar-refractivity contribution >= 4 is 17.1 Å². The van der Waals surface area contributed by atoms with Crippen LogP contribution >= 0.6 is 0 Å². The quantitative estimate of drug-likeness (QED) is 0.140. The first-order valence-corrected chi connectivity index (χ1v) is 22.2. The predicted molar refractivity (Wildman–Crippen MR) is 271 cm³/mol. The molecule has 1 aliphatic carbocycles. The highest BCUT2D eigenvalue weighted by atomic mass is 15.1. The van der Waals surface area contributed by atoms with E-state index in [-0.39, 0.29) is 5.41 Å². The second-order valence-corrected chi connectivity index (χ2v) is 17.3. The van der Waals surface area contributed by atoms with Crippen LogP contribution in [0.5, 0.6) is 0 Å². The Kier molecular flexibility index (Phi) is 9.94. The van der Waals surface area contributed by atoms with Gasteiger partial charge in [0.15, 0.2) is 0 Å². The van der Waals surface area contributed by atoms with E-state index in [1.165, 1.54) is 89.0 Å². The van der Waals surface area contributed by atoms with Gasteiger partial charge in [0.1, 0.15) is 0 Å². The first-order chi connectivity index (χ1) is 31.5. The molecular formula is C63H47N. The van der Waals surface area contributed by atoms with Gasteiger partial charge in [0.05, 0.1) is 0 Å². The van der Waals surface area contributed by atoms with Gasteiger partial charge in [-0.2, -0.15) is 0 Å². The van der Waals surface area contributed by atoms with Crippen molar-refractivity contribution in [1.82, 2.24) is 0 Å². The van der Waals surface area contributed by atoms with Crippen LogP contribution in [0.2, 0.25) is 0 Å². The average Bonchev–Trinajstić information content (AvgIpc) is 3.60. The van der Waals surface area contributed by atoms with Gasteiger partial charge in [0.2, 0.25) is 0 Å². The van der Waals surface area contributed by atoms with Gasteiger partial charge < -0.3 is 4.90 Å². The third-order valence-corrected chi connectivity index (χ3v) is 13.1. The molecule has 0 amide bonds. The molecule has 0 fully saturated rings. The van der Waals surface area contributed by atoms with Crippen molar-refractivity contribution in [2.24, 2.45) is 0 Å². The number of anilines is 3. The molecule has 0 aliphatic heterocycles. The van der Waals surface area contributed by atoms with Gasteiger partial charge in [-0.1, -0.05) is 214 Å². The maximum absolute atomic E-state index is 2.47. The lowest BCUT2D eigenvalue weighted by Gasteiger charge is -2.30. The van der Waals surface area contributed by atoms with Gasteiger partial charge in [-0.3, -0.25) is 0 Å². The summed E-state index contributed by atoms with van der Waals surface area (Å²) in [5.41, 5.74) is 22.7. The Morgan fingerprint density at radius 1 is 0.234 bits per heavy atom. The third-order valence-electron chi connectivity index (χ3n) is 13.1. The maximum Gasteiger partial charge on any atom is 0.0468 e. The summed E-state index contributed by atoms with van der Waals surface area (Å²) in [7, 11) is 0. The molecule has 1 nitrogen and oxygen atoms in total. The molecule has 0 bridgehead atoms. The molecule has 0 N–H and O–H groups in total. The van der Waals surface area contributed by atoms with Gasteiger partial charge in [-0.15, -0.1) is 0 Å². The van der Waals surface area contributed by atoms with Crippen LogP contribution in [-0.4, -0.2) is 0 Å². The summed E-state index contributed by atoms with van der Waals surface area (Å²) in [4.78, 5) is 2.47. The van der Waals surface area contributed by atoms with Crippen molar-refractivity contribution in [1.29, 1.82) is 0 Å². The molecule has 64 heavy (non-hydrogen) atoms. The molecule has 10 aromatic rings. The fourth-order valence-electron chi connectivity index (χ4n) is 9.83. The summed E-state index contributed by atoms with van der Waals surface area (Å²) in [6.07, 6.45) is 0. The topological polar surface area (TPSA) is 3.24 Å². The van der Waals surface area contributed by atoms with Gasteiger partial charge in [-0.05, 0) is 138 Å². The molecule has 0 atom stereocenters. The number of hydrogen-bond donors (Lipinski definition) is 0. The Hall–Kier alpha value is -8.00. The van der Waals surface area contributed by atoms with Gasteiger partial charge in [-0.25, -0.2) is 0 Å². The zero-order valence-corrected chi connectivity index (χ0v) is 36.1. The van der Waals surface area contributed by atoms with E-state index in [1.54, 1.807) is 0 Å². The van der Waals surface area contributed by atoms with E-state index in [0.717, 1.165) is 17.1 Å². The van der Waals surface area contributed by atoms with Crippen molar-refractivity contribution in [2.45, 2.75) is 19.3 Å². The molecule has 0 unspecified atom stereocenters. The van der Waals surface area contributed by atoms with E-state index in [0.29, 0.717) is 0 Å². The van der Waals surface area contributed by atoms with Crippen molar-refractivity contribution in [3.8, 4) is 77.9 Å². The maximum atomic E-state index is 2.47. The molecule has 0 radical (unpaired) electrons. The number of hydrogen-bond acceptors (Lipinski definition) is 1. The predicted octanol–water partition coefficient (Wildman–Crippen LogP) is 17.5. The van der Waals surface area contributed by atoms with Crippen LogP contribution in [0.15, 0.2) is 249 Å². The molecular weight excluding hydrogens is 771 g/mol. The Labute approximate surface area is 377 Å². The number of nitrogens with zero attached hydrogens (tertiary/aromatic N) is 1. The first kappa shape index (κ1) is 38.9. The largest absolute Gasteiger partial charge is 0.310 e. The van der Waals surface area contributed by atoms with Crippen LogP contribution in [0, 0.1) is 0 Å². The lowest BCUT2D eigenvalue weighted by atomic mass is 9.82. The van der Waals surface area contributed by atoms with E-state index in [2.05, 4.69) is 267 Å². The van der Waals surface area contributed by atoms with Crippen LogP contribution < -0.4 is 4.90 Å². The molecule has 11 rings (SSSR count). The second kappa shape index (κ2) is 16.4. The Balaban J connectivity index is 1.15. The van der Waals surface area contributed by atoms with E-state index in [1.807, 2.05) is 0 Å². The van der Waals surface area contributed by atoms with Crippen LogP contribution in [0.1, 0.15) is 25.0 Å². The normalized spacial score (nSPS) is 12.3. The first-order valence-electron chi connectivity index (χ1n) is 22.2. The van der Waals surface area contributed by atoms with Crippen LogP contribution in [0.3, 0.4) is 0 Å². The molecule has 1 heteroatoms. The van der Waals surface area contributed by atoms with Crippen molar-refractivity contribution in [3.63, 3.8) is 0 Å². The highest BCUT2D eigenvalue weighted by Crippen LogP contribution is 2.51. The minimum atomic E-state index is -0.159. The van der Waals surface area contributed by atoms with Gasteiger partial charge in [0.25, 0.3) is 0 Å². The molecule has 0 aromatic heterocycles. The fourth-order valence-corrected chi connectivity index (χ4v) is 9.83. The molecule has 0 spiro atoms. The standard InChI is InChI=1S/C63H47N/c1-63(2)61-32-16-15-31-57(61)58-38-35-54(43-62(58)63)64(52-33-36-55(46-23-11-5-12-24-46)59(41-52)50-29-17-27-48(39-50)44-19-7-3-8-20-44)53-34-37-56(47-25-13-6-14-26-47)60(42-53)51-30-18-28-49(40-51)45-21-9-4-10-22-45/h3-43H,1-2H3. The zero-order valence-electron chi connectivity index (χ0n) is 36.1. The summed E-state index contributed by atoms with van der Waals surface area (Å²) in [6, 6.07) is 91.0. The Bertz CT molecular complexity index is 3110. The lowest BCUT2D eigenvalue weighted by Crippen LogP contribution is -2.16. The van der Waals surface area contributed by atoms with E-state index < -0.39 is 0 Å². The Morgan fingerprint density at radius 3 is 1.08 bits per heavy atom. The molecule has 0 saturated heterocycles. The molecule has 304 valence electrons. The van der Waals surface area contributed by atoms with Gasteiger partial charge in [0, 0.05) is 22.5 Å². The summed E-state index contributed by atoms with van der Waals surface area (Å²) < 4.78 is 0. The highest BCUT2D eigenvalue weighted by molar-refractivity contribution is 5.94. The minimum Gasteiger partial charge on any atom is -0.310 e. The fraction of sp³-hybridized carbons (Fsp3) is 0.0476. The van der Waals surface area contributed by atoms with Crippen LogP contribution in [0.25, 0.3) is 77.9 Å². The summed E-state index contributed by atoms with van der Waals surface area (Å²) in [6.45, 7) is 4.73. The molecule has 0 saturated carbocycles. The Morgan fingerprint density at radius 2 is 0.594 bits per heavy atom. The summed E-state index contributed by atoms with van der Waals surface area (Å²) in [5.74, 6) is 0. The minimum absolute atomic E-state index is 0.159.